The van der Waals surface area contributed by atoms with Gasteiger partial charge < -0.3 is 15.4 Å². The number of anilines is 1. The van der Waals surface area contributed by atoms with E-state index in [-0.39, 0.29) is 24.4 Å². The molecule has 1 atom stereocenters. The van der Waals surface area contributed by atoms with Crippen molar-refractivity contribution in [3.63, 3.8) is 0 Å². The van der Waals surface area contributed by atoms with Gasteiger partial charge in [-0.15, -0.1) is 0 Å². The van der Waals surface area contributed by atoms with Crippen molar-refractivity contribution in [3.05, 3.63) is 41.7 Å². The number of piperidine rings is 1. The summed E-state index contributed by atoms with van der Waals surface area (Å²) in [6.07, 6.45) is -1.29. The molecule has 2 N–H and O–H groups in total. The van der Waals surface area contributed by atoms with Gasteiger partial charge in [0.15, 0.2) is 0 Å². The Morgan fingerprint density at radius 1 is 1.32 bits per heavy atom. The minimum Gasteiger partial charge on any atom is -0.375 e. The lowest BCUT2D eigenvalue weighted by atomic mass is 9.89. The predicted octanol–water partition coefficient (Wildman–Crippen LogP) is 3.10. The molecule has 1 amide bonds. The lowest BCUT2D eigenvalue weighted by Crippen LogP contribution is -2.41. The van der Waals surface area contributed by atoms with Gasteiger partial charge in [0.25, 0.3) is 0 Å². The number of alkyl halides is 3. The van der Waals surface area contributed by atoms with Crippen LogP contribution in [0.25, 0.3) is 11.1 Å². The fraction of sp³-hybridized carbons (Fsp3) is 0.421. The number of ether oxygens (including phenoxy) is 1. The van der Waals surface area contributed by atoms with Gasteiger partial charge in [0, 0.05) is 37.9 Å². The van der Waals surface area contributed by atoms with E-state index in [4.69, 9.17) is 10.5 Å². The monoisotopic (exact) mass is 394 g/mol. The van der Waals surface area contributed by atoms with Crippen LogP contribution in [0.1, 0.15) is 30.0 Å². The molecular formula is C19H21F3N4O2. The molecule has 2 heterocycles. The molecule has 1 aromatic carbocycles. The van der Waals surface area contributed by atoms with Crippen LogP contribution in [0.4, 0.5) is 19.1 Å². The van der Waals surface area contributed by atoms with Crippen LogP contribution in [0.5, 0.6) is 0 Å². The summed E-state index contributed by atoms with van der Waals surface area (Å²) >= 11 is 0. The van der Waals surface area contributed by atoms with Crippen molar-refractivity contribution in [3.8, 4) is 11.1 Å². The Kier molecular flexibility index (Phi) is 5.83. The topological polar surface area (TPSA) is 81.3 Å². The summed E-state index contributed by atoms with van der Waals surface area (Å²) < 4.78 is 43.4. The lowest BCUT2D eigenvalue weighted by Gasteiger charge is -2.33. The normalized spacial score (nSPS) is 17.6. The number of carbonyl (C=O) groups is 1. The molecule has 1 saturated heterocycles. The smallest absolute Gasteiger partial charge is 0.375 e. The third-order valence-electron chi connectivity index (χ3n) is 4.79. The van der Waals surface area contributed by atoms with Gasteiger partial charge in [0.05, 0.1) is 11.3 Å². The molecular weight excluding hydrogens is 373 g/mol. The van der Waals surface area contributed by atoms with E-state index in [1.807, 2.05) is 0 Å². The Balaban J connectivity index is 1.92. The summed E-state index contributed by atoms with van der Waals surface area (Å²) in [6.45, 7) is 1.09. The van der Waals surface area contributed by atoms with Gasteiger partial charge in [0.2, 0.25) is 11.9 Å². The van der Waals surface area contributed by atoms with Gasteiger partial charge >= 0.3 is 6.18 Å². The van der Waals surface area contributed by atoms with Crippen molar-refractivity contribution >= 4 is 11.9 Å². The molecule has 0 spiro atoms. The van der Waals surface area contributed by atoms with Crippen LogP contribution in [0, 0.1) is 0 Å². The largest absolute Gasteiger partial charge is 0.416 e. The number of rotatable bonds is 4. The third kappa shape index (κ3) is 4.41. The number of aromatic nitrogens is 2. The number of nitrogens with two attached hydrogens (primary N) is 1. The second-order valence-electron chi connectivity index (χ2n) is 6.71. The van der Waals surface area contributed by atoms with Crippen LogP contribution in [0.15, 0.2) is 30.5 Å². The number of hydrogen-bond acceptors (Lipinski definition) is 5. The Labute approximate surface area is 160 Å². The van der Waals surface area contributed by atoms with Gasteiger partial charge in [0.1, 0.15) is 6.61 Å². The number of likely N-dealkylation sites (tertiary alicyclic amines) is 1. The molecule has 1 fully saturated rings. The quantitative estimate of drug-likeness (QED) is 0.862. The van der Waals surface area contributed by atoms with Gasteiger partial charge in [-0.1, -0.05) is 12.1 Å². The Bertz CT molecular complexity index is 840. The lowest BCUT2D eigenvalue weighted by molar-refractivity contribution is -0.137. The number of amides is 1. The van der Waals surface area contributed by atoms with Crippen LogP contribution in [0.2, 0.25) is 0 Å². The van der Waals surface area contributed by atoms with Crippen LogP contribution in [-0.4, -0.2) is 47.6 Å². The minimum absolute atomic E-state index is 0.00436. The number of hydrogen-bond donors (Lipinski definition) is 1. The van der Waals surface area contributed by atoms with Crippen molar-refractivity contribution < 1.29 is 22.7 Å². The van der Waals surface area contributed by atoms with E-state index >= 15 is 0 Å². The standard InChI is InChI=1S/C19H21F3N4O2/c1-28-11-16(27)26-8-2-3-13(10-26)17-15(9-24-18(23)25-17)12-4-6-14(7-5-12)19(20,21)22/h4-7,9,13H,2-3,8,10-11H2,1H3,(H2,23,24,25)/t13-/m0/s1. The summed E-state index contributed by atoms with van der Waals surface area (Å²) in [6, 6.07) is 4.87. The SMILES string of the molecule is COCC(=O)N1CCC[C@H](c2nc(N)ncc2-c2ccc(C(F)(F)F)cc2)C1. The van der Waals surface area contributed by atoms with Crippen LogP contribution >= 0.6 is 0 Å². The van der Waals surface area contributed by atoms with E-state index in [0.29, 0.717) is 29.9 Å². The molecule has 9 heteroatoms. The van der Waals surface area contributed by atoms with Crippen molar-refractivity contribution in [2.24, 2.45) is 0 Å². The van der Waals surface area contributed by atoms with Crippen molar-refractivity contribution in [1.29, 1.82) is 0 Å². The molecule has 0 bridgehead atoms. The van der Waals surface area contributed by atoms with Crippen molar-refractivity contribution in [2.75, 3.05) is 32.5 Å². The van der Waals surface area contributed by atoms with Gasteiger partial charge in [-0.25, -0.2) is 9.97 Å². The molecule has 2 aromatic rings. The summed E-state index contributed by atoms with van der Waals surface area (Å²) in [5.74, 6) is -0.103. The highest BCUT2D eigenvalue weighted by atomic mass is 19.4. The Morgan fingerprint density at radius 2 is 2.04 bits per heavy atom. The van der Waals surface area contributed by atoms with Crippen LogP contribution in [0.3, 0.4) is 0 Å². The summed E-state index contributed by atoms with van der Waals surface area (Å²) in [5, 5.41) is 0. The predicted molar refractivity (Wildman–Crippen MR) is 97.3 cm³/mol. The highest BCUT2D eigenvalue weighted by Gasteiger charge is 2.31. The zero-order valence-corrected chi connectivity index (χ0v) is 15.4. The number of halogens is 3. The van der Waals surface area contributed by atoms with E-state index in [1.165, 1.54) is 25.4 Å². The first kappa shape index (κ1) is 20.1. The highest BCUT2D eigenvalue weighted by molar-refractivity contribution is 5.77. The molecule has 0 saturated carbocycles. The molecule has 3 rings (SSSR count). The zero-order valence-electron chi connectivity index (χ0n) is 15.4. The van der Waals surface area contributed by atoms with Gasteiger partial charge in [-0.05, 0) is 30.5 Å². The molecule has 150 valence electrons. The van der Waals surface area contributed by atoms with Crippen molar-refractivity contribution in [2.45, 2.75) is 24.9 Å². The summed E-state index contributed by atoms with van der Waals surface area (Å²) in [7, 11) is 1.47. The molecule has 0 aliphatic carbocycles. The number of carbonyl (C=O) groups excluding carboxylic acids is 1. The first-order chi connectivity index (χ1) is 13.3. The third-order valence-corrected chi connectivity index (χ3v) is 4.79. The maximum absolute atomic E-state index is 12.8. The molecule has 28 heavy (non-hydrogen) atoms. The number of benzene rings is 1. The highest BCUT2D eigenvalue weighted by Crippen LogP contribution is 2.35. The van der Waals surface area contributed by atoms with E-state index in [0.717, 1.165) is 25.0 Å². The van der Waals surface area contributed by atoms with E-state index in [9.17, 15) is 18.0 Å². The van der Waals surface area contributed by atoms with Gasteiger partial charge in [-0.3, -0.25) is 4.79 Å². The summed E-state index contributed by atoms with van der Waals surface area (Å²) in [5.41, 5.74) is 6.88. The van der Waals surface area contributed by atoms with E-state index in [1.54, 1.807) is 4.90 Å². The first-order valence-electron chi connectivity index (χ1n) is 8.86. The average Bonchev–Trinajstić information content (AvgIpc) is 2.68. The minimum atomic E-state index is -4.40. The maximum atomic E-state index is 12.8. The van der Waals surface area contributed by atoms with E-state index in [2.05, 4.69) is 9.97 Å². The fourth-order valence-electron chi connectivity index (χ4n) is 3.42. The van der Waals surface area contributed by atoms with Crippen molar-refractivity contribution in [1.82, 2.24) is 14.9 Å². The number of nitrogen functional groups attached to an aromatic ring is 1. The van der Waals surface area contributed by atoms with Crippen LogP contribution in [-0.2, 0) is 15.7 Å². The average molecular weight is 394 g/mol. The Morgan fingerprint density at radius 3 is 2.68 bits per heavy atom. The number of methoxy groups -OCH3 is 1. The maximum Gasteiger partial charge on any atom is 0.416 e. The fourth-order valence-corrected chi connectivity index (χ4v) is 3.42. The summed E-state index contributed by atoms with van der Waals surface area (Å²) in [4.78, 5) is 22.2. The second kappa shape index (κ2) is 8.14. The zero-order chi connectivity index (χ0) is 20.3. The Hall–Kier alpha value is -2.68. The molecule has 0 radical (unpaired) electrons. The molecule has 0 unspecified atom stereocenters. The van der Waals surface area contributed by atoms with Gasteiger partial charge in [-0.2, -0.15) is 13.2 Å². The molecule has 1 aliphatic heterocycles. The molecule has 1 aromatic heterocycles. The molecule has 1 aliphatic rings. The molecule has 6 nitrogen and oxygen atoms in total. The van der Waals surface area contributed by atoms with E-state index < -0.39 is 11.7 Å². The second-order valence-corrected chi connectivity index (χ2v) is 6.71. The first-order valence-corrected chi connectivity index (χ1v) is 8.86. The van der Waals surface area contributed by atoms with Crippen LogP contribution < -0.4 is 5.73 Å². The number of nitrogens with zero attached hydrogens (tertiary/aromatic N) is 3.